The van der Waals surface area contributed by atoms with Gasteiger partial charge in [0, 0.05) is 0 Å². The molecule has 19 heavy (non-hydrogen) atoms. The minimum atomic E-state index is 1.08. The van der Waals surface area contributed by atoms with Crippen molar-refractivity contribution in [2.45, 2.75) is 110 Å². The third-order valence-electron chi connectivity index (χ3n) is 5.17. The fraction of sp³-hybridized carbons (Fsp3) is 1.00. The lowest BCUT2D eigenvalue weighted by Gasteiger charge is -2.30. The number of unbranched alkanes of at least 4 members (excludes halogenated alkanes) is 6. The molecule has 1 atom stereocenters. The summed E-state index contributed by atoms with van der Waals surface area (Å²) in [6.45, 7) is 4.66. The van der Waals surface area contributed by atoms with Crippen LogP contribution in [0.3, 0.4) is 0 Å². The van der Waals surface area contributed by atoms with Crippen LogP contribution in [-0.4, -0.2) is 0 Å². The van der Waals surface area contributed by atoms with E-state index in [4.69, 9.17) is 0 Å². The van der Waals surface area contributed by atoms with Gasteiger partial charge in [0.15, 0.2) is 0 Å². The van der Waals surface area contributed by atoms with Gasteiger partial charge in [-0.05, 0) is 11.8 Å². The minimum Gasteiger partial charge on any atom is -0.0654 e. The van der Waals surface area contributed by atoms with Gasteiger partial charge < -0.3 is 0 Å². The average Bonchev–Trinajstić information content (AvgIpc) is 2.46. The molecule has 0 radical (unpaired) electrons. The summed E-state index contributed by atoms with van der Waals surface area (Å²) in [6, 6.07) is 0. The molecule has 0 aromatic heterocycles. The normalized spacial score (nSPS) is 18.6. The summed E-state index contributed by atoms with van der Waals surface area (Å²) in [6.07, 6.45) is 22.3. The molecule has 0 aromatic carbocycles. The average molecular weight is 267 g/mol. The second kappa shape index (κ2) is 11.8. The fourth-order valence-electron chi connectivity index (χ4n) is 3.87. The molecule has 114 valence electrons. The van der Waals surface area contributed by atoms with Crippen LogP contribution >= 0.6 is 0 Å². The molecular formula is C19H38. The molecule has 0 bridgehead atoms. The second-order valence-corrected chi connectivity index (χ2v) is 6.86. The Bertz CT molecular complexity index is 178. The third kappa shape index (κ3) is 8.00. The highest BCUT2D eigenvalue weighted by molar-refractivity contribution is 4.74. The van der Waals surface area contributed by atoms with Crippen LogP contribution in [0.2, 0.25) is 0 Å². The minimum absolute atomic E-state index is 1.08. The van der Waals surface area contributed by atoms with Crippen molar-refractivity contribution in [3.05, 3.63) is 0 Å². The third-order valence-corrected chi connectivity index (χ3v) is 5.17. The molecular weight excluding hydrogens is 228 g/mol. The topological polar surface area (TPSA) is 0 Å². The number of hydrogen-bond donors (Lipinski definition) is 0. The molecule has 1 unspecified atom stereocenters. The van der Waals surface area contributed by atoms with E-state index in [1.807, 2.05) is 0 Å². The number of rotatable bonds is 11. The van der Waals surface area contributed by atoms with Gasteiger partial charge in [-0.2, -0.15) is 0 Å². The van der Waals surface area contributed by atoms with Crippen molar-refractivity contribution in [3.8, 4) is 0 Å². The van der Waals surface area contributed by atoms with Crippen LogP contribution in [0, 0.1) is 11.8 Å². The zero-order valence-electron chi connectivity index (χ0n) is 13.8. The van der Waals surface area contributed by atoms with Gasteiger partial charge in [0.05, 0.1) is 0 Å². The second-order valence-electron chi connectivity index (χ2n) is 6.86. The summed E-state index contributed by atoms with van der Waals surface area (Å²) < 4.78 is 0. The van der Waals surface area contributed by atoms with Gasteiger partial charge in [0.2, 0.25) is 0 Å². The molecule has 0 N–H and O–H groups in total. The molecule has 1 fully saturated rings. The molecule has 0 saturated heterocycles. The smallest absolute Gasteiger partial charge is 0.0386 e. The van der Waals surface area contributed by atoms with E-state index in [1.54, 1.807) is 12.8 Å². The quantitative estimate of drug-likeness (QED) is 0.349. The Hall–Kier alpha value is 0. The maximum absolute atomic E-state index is 2.35. The molecule has 1 saturated carbocycles. The molecule has 1 aliphatic rings. The van der Waals surface area contributed by atoms with Crippen molar-refractivity contribution in [3.63, 3.8) is 0 Å². The van der Waals surface area contributed by atoms with Gasteiger partial charge in [-0.25, -0.2) is 0 Å². The van der Waals surface area contributed by atoms with E-state index >= 15 is 0 Å². The summed E-state index contributed by atoms with van der Waals surface area (Å²) in [5.74, 6) is 2.17. The molecule has 1 rings (SSSR count). The lowest BCUT2D eigenvalue weighted by atomic mass is 9.75. The summed E-state index contributed by atoms with van der Waals surface area (Å²) in [5, 5.41) is 0. The predicted molar refractivity (Wildman–Crippen MR) is 87.6 cm³/mol. The fourth-order valence-corrected chi connectivity index (χ4v) is 3.87. The molecule has 0 amide bonds. The molecule has 0 nitrogen and oxygen atoms in total. The highest BCUT2D eigenvalue weighted by atomic mass is 14.3. The van der Waals surface area contributed by atoms with Crippen molar-refractivity contribution in [2.24, 2.45) is 11.8 Å². The van der Waals surface area contributed by atoms with E-state index in [1.165, 1.54) is 83.5 Å². The van der Waals surface area contributed by atoms with E-state index in [9.17, 15) is 0 Å². The molecule has 0 aliphatic heterocycles. The molecule has 1 aliphatic carbocycles. The van der Waals surface area contributed by atoms with Gasteiger partial charge in [-0.3, -0.25) is 0 Å². The Morgan fingerprint density at radius 1 is 0.684 bits per heavy atom. The lowest BCUT2D eigenvalue weighted by molar-refractivity contribution is 0.216. The largest absolute Gasteiger partial charge is 0.0654 e. The van der Waals surface area contributed by atoms with Crippen LogP contribution in [0.4, 0.5) is 0 Å². The van der Waals surface area contributed by atoms with Crippen molar-refractivity contribution >= 4 is 0 Å². The van der Waals surface area contributed by atoms with E-state index < -0.39 is 0 Å². The summed E-state index contributed by atoms with van der Waals surface area (Å²) in [4.78, 5) is 0. The van der Waals surface area contributed by atoms with E-state index in [2.05, 4.69) is 13.8 Å². The van der Waals surface area contributed by atoms with Gasteiger partial charge >= 0.3 is 0 Å². The Morgan fingerprint density at radius 2 is 1.26 bits per heavy atom. The summed E-state index contributed by atoms with van der Waals surface area (Å²) in [5.41, 5.74) is 0. The van der Waals surface area contributed by atoms with Crippen LogP contribution in [0.15, 0.2) is 0 Å². The zero-order valence-corrected chi connectivity index (χ0v) is 13.8. The predicted octanol–water partition coefficient (Wildman–Crippen LogP) is 7.12. The van der Waals surface area contributed by atoms with Crippen molar-refractivity contribution < 1.29 is 0 Å². The lowest BCUT2D eigenvalue weighted by Crippen LogP contribution is -2.18. The van der Waals surface area contributed by atoms with Crippen molar-refractivity contribution in [2.75, 3.05) is 0 Å². The van der Waals surface area contributed by atoms with Crippen molar-refractivity contribution in [1.82, 2.24) is 0 Å². The molecule has 0 heterocycles. The van der Waals surface area contributed by atoms with Crippen LogP contribution in [0.5, 0.6) is 0 Å². The Morgan fingerprint density at radius 3 is 1.95 bits per heavy atom. The standard InChI is InChI=1S/C19H38/c1-3-5-7-8-9-11-15-18(14-6-4-2)19-16-12-10-13-17-19/h18-19H,3-17H2,1-2H3. The van der Waals surface area contributed by atoms with E-state index in [-0.39, 0.29) is 0 Å². The summed E-state index contributed by atoms with van der Waals surface area (Å²) in [7, 11) is 0. The van der Waals surface area contributed by atoms with E-state index in [0.717, 1.165) is 11.8 Å². The van der Waals surface area contributed by atoms with Gasteiger partial charge in [0.25, 0.3) is 0 Å². The molecule has 0 spiro atoms. The first-order valence-corrected chi connectivity index (χ1v) is 9.38. The van der Waals surface area contributed by atoms with Gasteiger partial charge in [-0.1, -0.05) is 110 Å². The Balaban J connectivity index is 2.16. The van der Waals surface area contributed by atoms with Crippen LogP contribution in [-0.2, 0) is 0 Å². The van der Waals surface area contributed by atoms with Crippen molar-refractivity contribution in [1.29, 1.82) is 0 Å². The number of hydrogen-bond acceptors (Lipinski definition) is 0. The maximum Gasteiger partial charge on any atom is -0.0386 e. The Labute approximate surface area is 122 Å². The SMILES string of the molecule is CCCCCCCCC(CCCC)C1CCCCC1. The van der Waals surface area contributed by atoms with E-state index in [0.29, 0.717) is 0 Å². The zero-order chi connectivity index (χ0) is 13.8. The highest BCUT2D eigenvalue weighted by Gasteiger charge is 2.22. The molecule has 0 heteroatoms. The van der Waals surface area contributed by atoms with Gasteiger partial charge in [-0.15, -0.1) is 0 Å². The summed E-state index contributed by atoms with van der Waals surface area (Å²) >= 11 is 0. The van der Waals surface area contributed by atoms with Crippen LogP contribution in [0.25, 0.3) is 0 Å². The first-order chi connectivity index (χ1) is 9.38. The van der Waals surface area contributed by atoms with Crippen LogP contribution < -0.4 is 0 Å². The highest BCUT2D eigenvalue weighted by Crippen LogP contribution is 2.35. The first-order valence-electron chi connectivity index (χ1n) is 9.38. The maximum atomic E-state index is 2.35. The molecule has 0 aromatic rings. The van der Waals surface area contributed by atoms with Gasteiger partial charge in [0.1, 0.15) is 0 Å². The Kier molecular flexibility index (Phi) is 10.6. The van der Waals surface area contributed by atoms with Crippen LogP contribution in [0.1, 0.15) is 110 Å². The monoisotopic (exact) mass is 266 g/mol. The first kappa shape index (κ1) is 17.1.